The van der Waals surface area contributed by atoms with Gasteiger partial charge < -0.3 is 25.2 Å². The Kier molecular flexibility index (Phi) is 5.76. The molecular weight excluding hydrogens is 424 g/mol. The van der Waals surface area contributed by atoms with Gasteiger partial charge in [-0.3, -0.25) is 9.59 Å². The van der Waals surface area contributed by atoms with E-state index in [0.717, 1.165) is 11.1 Å². The minimum absolute atomic E-state index is 0.00147. The largest absolute Gasteiger partial charge is 0.481 e. The molecule has 3 N–H and O–H groups in total. The van der Waals surface area contributed by atoms with Crippen molar-refractivity contribution in [1.82, 2.24) is 10.6 Å². The molecule has 3 aliphatic rings. The van der Waals surface area contributed by atoms with Crippen LogP contribution in [0.4, 0.5) is 4.79 Å². The van der Waals surface area contributed by atoms with Gasteiger partial charge in [-0.05, 0) is 34.6 Å². The van der Waals surface area contributed by atoms with Crippen LogP contribution in [0.5, 0.6) is 0 Å². The lowest BCUT2D eigenvalue weighted by Crippen LogP contribution is -2.43. The maximum Gasteiger partial charge on any atom is 0.407 e. The molecule has 0 aromatic heterocycles. The van der Waals surface area contributed by atoms with Crippen LogP contribution in [0.1, 0.15) is 23.5 Å². The van der Waals surface area contributed by atoms with Gasteiger partial charge in [-0.25, -0.2) is 4.79 Å². The summed E-state index contributed by atoms with van der Waals surface area (Å²) in [6.07, 6.45) is 0.152. The van der Waals surface area contributed by atoms with Crippen molar-refractivity contribution in [2.45, 2.75) is 18.4 Å². The molecule has 2 aromatic rings. The number of carbonyl (C=O) groups is 3. The van der Waals surface area contributed by atoms with Gasteiger partial charge in [-0.1, -0.05) is 48.5 Å². The van der Waals surface area contributed by atoms with Gasteiger partial charge in [0.05, 0.1) is 19.3 Å². The number of hydrogen-bond acceptors (Lipinski definition) is 5. The zero-order valence-corrected chi connectivity index (χ0v) is 18.0. The van der Waals surface area contributed by atoms with E-state index in [2.05, 4.69) is 34.9 Å². The van der Waals surface area contributed by atoms with Crippen LogP contribution in [0.25, 0.3) is 11.1 Å². The molecule has 1 saturated heterocycles. The van der Waals surface area contributed by atoms with E-state index in [4.69, 9.17) is 9.47 Å². The van der Waals surface area contributed by atoms with Gasteiger partial charge in [-0.2, -0.15) is 0 Å². The Morgan fingerprint density at radius 2 is 1.64 bits per heavy atom. The molecule has 4 atom stereocenters. The molecule has 8 heteroatoms. The molecule has 8 nitrogen and oxygen atoms in total. The highest BCUT2D eigenvalue weighted by molar-refractivity contribution is 5.83. The fourth-order valence-corrected chi connectivity index (χ4v) is 4.89. The highest BCUT2D eigenvalue weighted by Crippen LogP contribution is 2.44. The van der Waals surface area contributed by atoms with Gasteiger partial charge in [0.1, 0.15) is 12.5 Å². The molecule has 0 bridgehead atoms. The Labute approximate surface area is 191 Å². The van der Waals surface area contributed by atoms with E-state index in [-0.39, 0.29) is 43.5 Å². The Bertz CT molecular complexity index is 1040. The number of carbonyl (C=O) groups excluding carboxylic acids is 2. The molecule has 1 aliphatic heterocycles. The van der Waals surface area contributed by atoms with Crippen molar-refractivity contribution in [3.05, 3.63) is 59.7 Å². The predicted octanol–water partition coefficient (Wildman–Crippen LogP) is 2.38. The summed E-state index contributed by atoms with van der Waals surface area (Å²) >= 11 is 0. The van der Waals surface area contributed by atoms with Crippen LogP contribution in [0.15, 0.2) is 48.5 Å². The first-order valence-corrected chi connectivity index (χ1v) is 11.2. The standard InChI is InChI=1S/C25H26N2O6/c28-23(27-22-13-32-11-21(22)24(29)30)19-9-14(19)10-26-25(31)33-12-20-17-7-3-1-5-15(17)16-6-2-4-8-18(16)20/h1-8,14,19-22H,9-13H2,(H,26,31)(H,27,28)(H,29,30). The number of amides is 2. The van der Waals surface area contributed by atoms with Gasteiger partial charge in [0.25, 0.3) is 0 Å². The van der Waals surface area contributed by atoms with E-state index in [1.54, 1.807) is 0 Å². The number of alkyl carbamates (subject to hydrolysis) is 1. The van der Waals surface area contributed by atoms with Crippen molar-refractivity contribution in [2.24, 2.45) is 17.8 Å². The number of benzene rings is 2. The summed E-state index contributed by atoms with van der Waals surface area (Å²) < 4.78 is 10.7. The summed E-state index contributed by atoms with van der Waals surface area (Å²) in [6.45, 7) is 0.904. The van der Waals surface area contributed by atoms with Crippen LogP contribution in [-0.4, -0.2) is 55.5 Å². The second kappa shape index (κ2) is 8.86. The molecule has 2 fully saturated rings. The predicted molar refractivity (Wildman–Crippen MR) is 119 cm³/mol. The average Bonchev–Trinajstić information content (AvgIpc) is 3.33. The van der Waals surface area contributed by atoms with Crippen molar-refractivity contribution in [3.8, 4) is 11.1 Å². The van der Waals surface area contributed by atoms with E-state index < -0.39 is 24.0 Å². The highest BCUT2D eigenvalue weighted by Gasteiger charge is 2.45. The van der Waals surface area contributed by atoms with E-state index in [1.807, 2.05) is 24.3 Å². The number of nitrogens with one attached hydrogen (secondary N) is 2. The van der Waals surface area contributed by atoms with Crippen molar-refractivity contribution in [2.75, 3.05) is 26.4 Å². The fraction of sp³-hybridized carbons (Fsp3) is 0.400. The molecule has 33 heavy (non-hydrogen) atoms. The Morgan fingerprint density at radius 1 is 0.970 bits per heavy atom. The molecular formula is C25H26N2O6. The SMILES string of the molecule is O=C(NCC1CC1C(=O)NC1COCC1C(=O)O)OCC1c2ccccc2-c2ccccc21. The van der Waals surface area contributed by atoms with Crippen molar-refractivity contribution >= 4 is 18.0 Å². The van der Waals surface area contributed by atoms with Gasteiger partial charge in [0.2, 0.25) is 5.91 Å². The van der Waals surface area contributed by atoms with Gasteiger partial charge in [-0.15, -0.1) is 0 Å². The number of fused-ring (bicyclic) bond motifs is 3. The minimum Gasteiger partial charge on any atom is -0.481 e. The van der Waals surface area contributed by atoms with Gasteiger partial charge in [0, 0.05) is 18.4 Å². The maximum atomic E-state index is 12.4. The van der Waals surface area contributed by atoms with Crippen LogP contribution in [-0.2, 0) is 19.1 Å². The Hall–Kier alpha value is -3.39. The van der Waals surface area contributed by atoms with Crippen LogP contribution in [0, 0.1) is 17.8 Å². The Morgan fingerprint density at radius 3 is 2.30 bits per heavy atom. The number of aliphatic carboxylic acids is 1. The number of ether oxygens (including phenoxy) is 2. The molecule has 1 saturated carbocycles. The number of rotatable bonds is 7. The minimum atomic E-state index is -0.970. The van der Waals surface area contributed by atoms with Crippen molar-refractivity contribution < 1.29 is 29.0 Å². The second-order valence-electron chi connectivity index (χ2n) is 8.91. The first kappa shape index (κ1) is 21.5. The summed E-state index contributed by atoms with van der Waals surface area (Å²) in [5.74, 6) is -2.08. The monoisotopic (exact) mass is 450 g/mol. The molecule has 5 rings (SSSR count). The topological polar surface area (TPSA) is 114 Å². The molecule has 4 unspecified atom stereocenters. The fourth-order valence-electron chi connectivity index (χ4n) is 4.89. The van der Waals surface area contributed by atoms with Gasteiger partial charge in [0.15, 0.2) is 0 Å². The van der Waals surface area contributed by atoms with Crippen molar-refractivity contribution in [1.29, 1.82) is 0 Å². The summed E-state index contributed by atoms with van der Waals surface area (Å²) in [5.41, 5.74) is 4.65. The average molecular weight is 450 g/mol. The van der Waals surface area contributed by atoms with E-state index in [1.165, 1.54) is 11.1 Å². The molecule has 1 heterocycles. The zero-order chi connectivity index (χ0) is 22.9. The van der Waals surface area contributed by atoms with E-state index in [9.17, 15) is 19.5 Å². The lowest BCUT2D eigenvalue weighted by atomic mass is 9.98. The lowest BCUT2D eigenvalue weighted by Gasteiger charge is -2.16. The summed E-state index contributed by atoms with van der Waals surface area (Å²) in [4.78, 5) is 35.9. The normalized spacial score (nSPS) is 25.1. The second-order valence-corrected chi connectivity index (χ2v) is 8.91. The zero-order valence-electron chi connectivity index (χ0n) is 18.0. The summed E-state index contributed by atoms with van der Waals surface area (Å²) in [7, 11) is 0. The molecule has 2 aliphatic carbocycles. The number of carboxylic acids is 1. The third-order valence-electron chi connectivity index (χ3n) is 6.84. The first-order chi connectivity index (χ1) is 16.0. The quantitative estimate of drug-likeness (QED) is 0.597. The molecule has 0 spiro atoms. The van der Waals surface area contributed by atoms with E-state index >= 15 is 0 Å². The van der Waals surface area contributed by atoms with Crippen LogP contribution in [0.2, 0.25) is 0 Å². The number of carboxylic acid groups (broad SMARTS) is 1. The highest BCUT2D eigenvalue weighted by atomic mass is 16.5. The maximum absolute atomic E-state index is 12.4. The van der Waals surface area contributed by atoms with Gasteiger partial charge >= 0.3 is 12.1 Å². The summed E-state index contributed by atoms with van der Waals surface area (Å²) in [5, 5.41) is 14.7. The lowest BCUT2D eigenvalue weighted by molar-refractivity contribution is -0.142. The summed E-state index contributed by atoms with van der Waals surface area (Å²) in [6, 6.07) is 15.8. The number of hydrogen-bond donors (Lipinski definition) is 3. The smallest absolute Gasteiger partial charge is 0.407 e. The molecule has 2 aromatic carbocycles. The molecule has 0 radical (unpaired) electrons. The molecule has 172 valence electrons. The van der Waals surface area contributed by atoms with Crippen LogP contribution >= 0.6 is 0 Å². The van der Waals surface area contributed by atoms with Crippen molar-refractivity contribution in [3.63, 3.8) is 0 Å². The third kappa shape index (κ3) is 4.30. The Balaban J connectivity index is 1.09. The third-order valence-corrected chi connectivity index (χ3v) is 6.84. The van der Waals surface area contributed by atoms with E-state index in [0.29, 0.717) is 13.0 Å². The molecule has 2 amide bonds. The first-order valence-electron chi connectivity index (χ1n) is 11.2. The van der Waals surface area contributed by atoms with Crippen LogP contribution in [0.3, 0.4) is 0 Å². The van der Waals surface area contributed by atoms with Crippen LogP contribution < -0.4 is 10.6 Å².